The molecule has 0 heterocycles. The lowest BCUT2D eigenvalue weighted by molar-refractivity contribution is 0.906. The molecule has 0 amide bonds. The van der Waals surface area contributed by atoms with Gasteiger partial charge in [-0.15, -0.1) is 0 Å². The van der Waals surface area contributed by atoms with Gasteiger partial charge in [-0.1, -0.05) is 104 Å². The fraction of sp³-hybridized carbons (Fsp3) is 0.172. The molecule has 3 rings (SSSR count). The molecule has 3 aromatic rings. The predicted octanol–water partition coefficient (Wildman–Crippen LogP) is 8.34. The van der Waals surface area contributed by atoms with E-state index in [2.05, 4.69) is 122 Å². The van der Waals surface area contributed by atoms with Gasteiger partial charge in [0.2, 0.25) is 0 Å². The maximum absolute atomic E-state index is 4.01. The molecular weight excluding hydrogens is 362 g/mol. The summed E-state index contributed by atoms with van der Waals surface area (Å²) < 4.78 is 0. The average molecular weight is 394 g/mol. The second kappa shape index (κ2) is 11.0. The molecule has 0 aromatic heterocycles. The summed E-state index contributed by atoms with van der Waals surface area (Å²) in [6, 6.07) is 29.9. The fourth-order valence-electron chi connectivity index (χ4n) is 3.53. The van der Waals surface area contributed by atoms with Crippen molar-refractivity contribution in [1.82, 2.24) is 0 Å². The van der Waals surface area contributed by atoms with Gasteiger partial charge in [0.15, 0.2) is 0 Å². The first-order chi connectivity index (χ1) is 14.7. The van der Waals surface area contributed by atoms with E-state index in [1.807, 2.05) is 6.08 Å². The van der Waals surface area contributed by atoms with Gasteiger partial charge in [0.25, 0.3) is 0 Å². The summed E-state index contributed by atoms with van der Waals surface area (Å²) in [6.45, 7) is 9.24. The van der Waals surface area contributed by atoms with Crippen LogP contribution in [0.2, 0.25) is 0 Å². The first-order valence-corrected chi connectivity index (χ1v) is 10.7. The number of anilines is 2. The van der Waals surface area contributed by atoms with Crippen LogP contribution in [0.25, 0.3) is 5.57 Å². The van der Waals surface area contributed by atoms with Crippen molar-refractivity contribution in [2.75, 3.05) is 4.90 Å². The highest BCUT2D eigenvalue weighted by atomic mass is 15.1. The quantitative estimate of drug-likeness (QED) is 0.330. The molecule has 152 valence electrons. The number of benzene rings is 3. The van der Waals surface area contributed by atoms with E-state index < -0.39 is 0 Å². The van der Waals surface area contributed by atoms with Crippen LogP contribution in [0.3, 0.4) is 0 Å². The van der Waals surface area contributed by atoms with Crippen LogP contribution in [0.5, 0.6) is 0 Å². The fourth-order valence-corrected chi connectivity index (χ4v) is 3.53. The molecule has 30 heavy (non-hydrogen) atoms. The normalized spacial score (nSPS) is 11.9. The molecule has 0 atom stereocenters. The van der Waals surface area contributed by atoms with Gasteiger partial charge in [-0.05, 0) is 54.3 Å². The smallest absolute Gasteiger partial charge is 0.0481 e. The van der Waals surface area contributed by atoms with Gasteiger partial charge in [-0.2, -0.15) is 0 Å². The Morgan fingerprint density at radius 1 is 0.800 bits per heavy atom. The number of hydrogen-bond acceptors (Lipinski definition) is 1. The number of nitrogens with zero attached hydrogens (tertiary/aromatic N) is 1. The maximum atomic E-state index is 4.01. The first kappa shape index (κ1) is 21.4. The molecule has 1 heteroatoms. The summed E-state index contributed by atoms with van der Waals surface area (Å²) in [7, 11) is 0. The summed E-state index contributed by atoms with van der Waals surface area (Å²) in [4.78, 5) is 2.35. The number of rotatable bonds is 9. The van der Waals surface area contributed by atoms with E-state index in [0.717, 1.165) is 18.5 Å². The van der Waals surface area contributed by atoms with Crippen molar-refractivity contribution in [2.24, 2.45) is 0 Å². The Morgan fingerprint density at radius 3 is 2.00 bits per heavy atom. The van der Waals surface area contributed by atoms with Crippen LogP contribution in [0.4, 0.5) is 11.4 Å². The molecule has 0 aliphatic rings. The van der Waals surface area contributed by atoms with E-state index in [1.165, 1.54) is 34.5 Å². The van der Waals surface area contributed by atoms with Crippen LogP contribution in [-0.2, 0) is 6.54 Å². The monoisotopic (exact) mass is 393 g/mol. The van der Waals surface area contributed by atoms with Crippen LogP contribution in [0, 0.1) is 0 Å². The van der Waals surface area contributed by atoms with Gasteiger partial charge in [-0.25, -0.2) is 0 Å². The second-order valence-corrected chi connectivity index (χ2v) is 7.54. The molecule has 0 aliphatic carbocycles. The zero-order chi connectivity index (χ0) is 21.2. The standard InChI is InChI=1S/C29H31N/c1-4-12-24(3)17-18-26(5-2)27-19-21-29(22-20-27)30(28-15-10-7-11-16-28)23-25-13-8-6-9-14-25/h5-11,13-22H,2,4,12,23H2,1,3H3/b24-17+,26-18+. The Bertz CT molecular complexity index is 980. The molecule has 0 unspecified atom stereocenters. The molecule has 0 saturated carbocycles. The molecule has 0 fully saturated rings. The van der Waals surface area contributed by atoms with E-state index in [-0.39, 0.29) is 0 Å². The first-order valence-electron chi connectivity index (χ1n) is 10.7. The highest BCUT2D eigenvalue weighted by Gasteiger charge is 2.10. The molecule has 0 saturated heterocycles. The average Bonchev–Trinajstić information content (AvgIpc) is 2.80. The van der Waals surface area contributed by atoms with Crippen molar-refractivity contribution < 1.29 is 0 Å². The third-order valence-electron chi connectivity index (χ3n) is 5.18. The molecule has 0 spiro atoms. The van der Waals surface area contributed by atoms with Crippen molar-refractivity contribution >= 4 is 16.9 Å². The highest BCUT2D eigenvalue weighted by Crippen LogP contribution is 2.29. The van der Waals surface area contributed by atoms with Gasteiger partial charge < -0.3 is 4.90 Å². The molecule has 0 aliphatic heterocycles. The summed E-state index contributed by atoms with van der Waals surface area (Å²) in [5.74, 6) is 0. The lowest BCUT2D eigenvalue weighted by Crippen LogP contribution is -2.16. The van der Waals surface area contributed by atoms with Crippen molar-refractivity contribution in [3.8, 4) is 0 Å². The van der Waals surface area contributed by atoms with Crippen LogP contribution < -0.4 is 4.90 Å². The van der Waals surface area contributed by atoms with E-state index in [4.69, 9.17) is 0 Å². The lowest BCUT2D eigenvalue weighted by atomic mass is 10.0. The molecule has 1 nitrogen and oxygen atoms in total. The third-order valence-corrected chi connectivity index (χ3v) is 5.18. The molecule has 0 radical (unpaired) electrons. The van der Waals surface area contributed by atoms with E-state index in [0.29, 0.717) is 0 Å². The highest BCUT2D eigenvalue weighted by molar-refractivity contribution is 5.76. The van der Waals surface area contributed by atoms with Gasteiger partial charge in [0.1, 0.15) is 0 Å². The minimum Gasteiger partial charge on any atom is -0.337 e. The minimum absolute atomic E-state index is 0.827. The third kappa shape index (κ3) is 5.84. The summed E-state index contributed by atoms with van der Waals surface area (Å²) in [5, 5.41) is 0. The van der Waals surface area contributed by atoms with E-state index >= 15 is 0 Å². The Kier molecular flexibility index (Phi) is 7.86. The van der Waals surface area contributed by atoms with Crippen LogP contribution in [0.1, 0.15) is 37.8 Å². The molecule has 0 N–H and O–H groups in total. The minimum atomic E-state index is 0.827. The Balaban J connectivity index is 1.89. The molecule has 0 bridgehead atoms. The van der Waals surface area contributed by atoms with Gasteiger partial charge in [-0.3, -0.25) is 0 Å². The van der Waals surface area contributed by atoms with Gasteiger partial charge in [0.05, 0.1) is 0 Å². The van der Waals surface area contributed by atoms with Crippen molar-refractivity contribution in [1.29, 1.82) is 0 Å². The largest absolute Gasteiger partial charge is 0.337 e. The van der Waals surface area contributed by atoms with Gasteiger partial charge >= 0.3 is 0 Å². The zero-order valence-corrected chi connectivity index (χ0v) is 18.1. The van der Waals surface area contributed by atoms with Crippen LogP contribution in [0.15, 0.2) is 115 Å². The number of allylic oxidation sites excluding steroid dienone is 5. The van der Waals surface area contributed by atoms with Crippen LogP contribution >= 0.6 is 0 Å². The Labute approximate surface area is 181 Å². The second-order valence-electron chi connectivity index (χ2n) is 7.54. The summed E-state index contributed by atoms with van der Waals surface area (Å²) in [6.07, 6.45) is 8.62. The maximum Gasteiger partial charge on any atom is 0.0481 e. The Hall–Kier alpha value is -3.32. The Morgan fingerprint density at radius 2 is 1.40 bits per heavy atom. The summed E-state index contributed by atoms with van der Waals surface area (Å²) >= 11 is 0. The zero-order valence-electron chi connectivity index (χ0n) is 18.1. The predicted molar refractivity (Wildman–Crippen MR) is 132 cm³/mol. The van der Waals surface area contributed by atoms with Gasteiger partial charge in [0, 0.05) is 17.9 Å². The van der Waals surface area contributed by atoms with E-state index in [9.17, 15) is 0 Å². The van der Waals surface area contributed by atoms with Crippen molar-refractivity contribution in [2.45, 2.75) is 33.2 Å². The SMILES string of the molecule is C=C/C(=C\C=C(/C)CCC)c1ccc(N(Cc2ccccc2)c2ccccc2)cc1. The van der Waals surface area contributed by atoms with E-state index in [1.54, 1.807) is 0 Å². The molecular formula is C29H31N. The number of para-hydroxylation sites is 1. The van der Waals surface area contributed by atoms with Crippen molar-refractivity contribution in [3.63, 3.8) is 0 Å². The summed E-state index contributed by atoms with van der Waals surface area (Å²) in [5.41, 5.74) is 7.37. The topological polar surface area (TPSA) is 3.24 Å². The van der Waals surface area contributed by atoms with Crippen molar-refractivity contribution in [3.05, 3.63) is 126 Å². The van der Waals surface area contributed by atoms with Crippen LogP contribution in [-0.4, -0.2) is 0 Å². The lowest BCUT2D eigenvalue weighted by Gasteiger charge is -2.25. The molecule has 3 aromatic carbocycles. The number of hydrogen-bond donors (Lipinski definition) is 0.